The Morgan fingerprint density at radius 3 is 2.91 bits per heavy atom. The second-order valence-electron chi connectivity index (χ2n) is 5.05. The summed E-state index contributed by atoms with van der Waals surface area (Å²) in [7, 11) is 3.94. The van der Waals surface area contributed by atoms with Gasteiger partial charge in [0.1, 0.15) is 6.67 Å². The van der Waals surface area contributed by atoms with E-state index >= 15 is 0 Å². The molecule has 22 heavy (non-hydrogen) atoms. The van der Waals surface area contributed by atoms with E-state index < -0.39 is 6.67 Å². The number of aryl methyl sites for hydroxylation is 1. The van der Waals surface area contributed by atoms with Crippen LogP contribution in [0.5, 0.6) is 0 Å². The van der Waals surface area contributed by atoms with Gasteiger partial charge in [0.05, 0.1) is 18.3 Å². The van der Waals surface area contributed by atoms with E-state index in [4.69, 9.17) is 4.52 Å². The summed E-state index contributed by atoms with van der Waals surface area (Å²) in [6.45, 7) is -0.245. The van der Waals surface area contributed by atoms with E-state index in [2.05, 4.69) is 15.2 Å². The average Bonchev–Trinajstić information content (AvgIpc) is 3.16. The predicted molar refractivity (Wildman–Crippen MR) is 81.3 cm³/mol. The maximum Gasteiger partial charge on any atom is 0.258 e. The normalized spacial score (nSPS) is 10.9. The fourth-order valence-corrected chi connectivity index (χ4v) is 2.06. The van der Waals surface area contributed by atoms with Gasteiger partial charge in [0, 0.05) is 31.5 Å². The minimum atomic E-state index is -0.462. The summed E-state index contributed by atoms with van der Waals surface area (Å²) in [5.74, 6) is 0.882. The van der Waals surface area contributed by atoms with E-state index in [0.717, 1.165) is 11.3 Å². The Kier molecular flexibility index (Phi) is 3.86. The van der Waals surface area contributed by atoms with Crippen molar-refractivity contribution in [3.8, 4) is 22.8 Å². The van der Waals surface area contributed by atoms with Crippen molar-refractivity contribution in [2.45, 2.75) is 6.54 Å². The summed E-state index contributed by atoms with van der Waals surface area (Å²) in [6, 6.07) is 7.83. The molecule has 3 aromatic rings. The van der Waals surface area contributed by atoms with Crippen LogP contribution in [0.2, 0.25) is 0 Å². The summed E-state index contributed by atoms with van der Waals surface area (Å²) >= 11 is 0. The lowest BCUT2D eigenvalue weighted by Gasteiger charge is -2.12. The minimum absolute atomic E-state index is 0.218. The zero-order valence-corrected chi connectivity index (χ0v) is 12.4. The predicted octanol–water partition coefficient (Wildman–Crippen LogP) is 2.64. The van der Waals surface area contributed by atoms with Crippen molar-refractivity contribution in [3.63, 3.8) is 0 Å². The number of aromatic nitrogens is 4. The molecule has 114 valence electrons. The van der Waals surface area contributed by atoms with Crippen LogP contribution in [0.15, 0.2) is 41.2 Å². The third kappa shape index (κ3) is 2.83. The Hall–Kier alpha value is -2.70. The molecule has 3 rings (SSSR count). The highest BCUT2D eigenvalue weighted by atomic mass is 19.1. The second kappa shape index (κ2) is 5.97. The molecule has 0 amide bonds. The van der Waals surface area contributed by atoms with Gasteiger partial charge in [-0.1, -0.05) is 11.2 Å². The SMILES string of the molecule is CN(C)c1cccc(-c2nc(-c3cnn(CCF)c3)no2)c1. The lowest BCUT2D eigenvalue weighted by molar-refractivity contribution is 0.427. The molecule has 1 aromatic carbocycles. The Labute approximate surface area is 127 Å². The largest absolute Gasteiger partial charge is 0.378 e. The van der Waals surface area contributed by atoms with Gasteiger partial charge < -0.3 is 9.42 Å². The first-order valence-electron chi connectivity index (χ1n) is 6.87. The van der Waals surface area contributed by atoms with E-state index in [1.54, 1.807) is 12.4 Å². The van der Waals surface area contributed by atoms with Crippen LogP contribution in [0.3, 0.4) is 0 Å². The number of rotatable bonds is 5. The average molecular weight is 301 g/mol. The highest BCUT2D eigenvalue weighted by Gasteiger charge is 2.13. The molecule has 0 radical (unpaired) electrons. The molecule has 0 N–H and O–H groups in total. The van der Waals surface area contributed by atoms with Gasteiger partial charge in [-0.25, -0.2) is 4.39 Å². The molecule has 0 fully saturated rings. The van der Waals surface area contributed by atoms with Gasteiger partial charge >= 0.3 is 0 Å². The van der Waals surface area contributed by atoms with Crippen molar-refractivity contribution in [2.75, 3.05) is 25.7 Å². The first kappa shape index (κ1) is 14.2. The fraction of sp³-hybridized carbons (Fsp3) is 0.267. The first-order valence-corrected chi connectivity index (χ1v) is 6.87. The molecule has 0 aliphatic heterocycles. The molecule has 0 saturated carbocycles. The van der Waals surface area contributed by atoms with Crippen molar-refractivity contribution in [1.29, 1.82) is 0 Å². The minimum Gasteiger partial charge on any atom is -0.378 e. The van der Waals surface area contributed by atoms with Crippen molar-refractivity contribution in [2.24, 2.45) is 0 Å². The van der Waals surface area contributed by atoms with E-state index in [9.17, 15) is 4.39 Å². The molecular formula is C15H16FN5O. The summed E-state index contributed by atoms with van der Waals surface area (Å²) in [5.41, 5.74) is 2.60. The van der Waals surface area contributed by atoms with E-state index in [1.165, 1.54) is 4.68 Å². The van der Waals surface area contributed by atoms with Gasteiger partial charge in [0.15, 0.2) is 0 Å². The van der Waals surface area contributed by atoms with Crippen molar-refractivity contribution >= 4 is 5.69 Å². The number of anilines is 1. The van der Waals surface area contributed by atoms with Crippen LogP contribution < -0.4 is 4.90 Å². The summed E-state index contributed by atoms with van der Waals surface area (Å²) in [6.07, 6.45) is 3.30. The number of alkyl halides is 1. The first-order chi connectivity index (χ1) is 10.7. The van der Waals surface area contributed by atoms with Gasteiger partial charge in [-0.3, -0.25) is 4.68 Å². The van der Waals surface area contributed by atoms with Crippen molar-refractivity contribution in [3.05, 3.63) is 36.7 Å². The Balaban J connectivity index is 1.88. The molecule has 0 bridgehead atoms. The molecule has 0 unspecified atom stereocenters. The molecule has 7 heteroatoms. The lowest BCUT2D eigenvalue weighted by atomic mass is 10.2. The summed E-state index contributed by atoms with van der Waals surface area (Å²) in [5, 5.41) is 8.01. The number of benzene rings is 1. The topological polar surface area (TPSA) is 60.0 Å². The maximum atomic E-state index is 12.3. The zero-order chi connectivity index (χ0) is 15.5. The lowest BCUT2D eigenvalue weighted by Crippen LogP contribution is -2.08. The number of halogens is 1. The molecule has 0 aliphatic carbocycles. The van der Waals surface area contributed by atoms with Crippen LogP contribution in [0, 0.1) is 0 Å². The number of hydrogen-bond donors (Lipinski definition) is 0. The molecule has 0 spiro atoms. The second-order valence-corrected chi connectivity index (χ2v) is 5.05. The Morgan fingerprint density at radius 1 is 1.27 bits per heavy atom. The van der Waals surface area contributed by atoms with E-state index in [-0.39, 0.29) is 6.54 Å². The molecule has 0 saturated heterocycles. The smallest absolute Gasteiger partial charge is 0.258 e. The van der Waals surface area contributed by atoms with Crippen molar-refractivity contribution < 1.29 is 8.91 Å². The summed E-state index contributed by atoms with van der Waals surface area (Å²) in [4.78, 5) is 6.38. The van der Waals surface area contributed by atoms with Gasteiger partial charge in [-0.2, -0.15) is 10.1 Å². The Bertz CT molecular complexity index is 765. The van der Waals surface area contributed by atoms with Gasteiger partial charge in [0.2, 0.25) is 5.82 Å². The summed E-state index contributed by atoms with van der Waals surface area (Å²) < 4.78 is 19.1. The Morgan fingerprint density at radius 2 is 2.14 bits per heavy atom. The van der Waals surface area contributed by atoms with Crippen LogP contribution in [0.4, 0.5) is 10.1 Å². The number of nitrogens with zero attached hydrogens (tertiary/aromatic N) is 5. The zero-order valence-electron chi connectivity index (χ0n) is 12.4. The maximum absolute atomic E-state index is 12.3. The molecule has 0 atom stereocenters. The van der Waals surface area contributed by atoms with E-state index in [0.29, 0.717) is 17.3 Å². The van der Waals surface area contributed by atoms with Gasteiger partial charge in [-0.05, 0) is 18.2 Å². The molecule has 6 nitrogen and oxygen atoms in total. The van der Waals surface area contributed by atoms with Crippen LogP contribution in [-0.2, 0) is 6.54 Å². The molecule has 2 heterocycles. The molecule has 2 aromatic heterocycles. The highest BCUT2D eigenvalue weighted by molar-refractivity contribution is 5.63. The highest BCUT2D eigenvalue weighted by Crippen LogP contribution is 2.24. The quantitative estimate of drug-likeness (QED) is 0.725. The van der Waals surface area contributed by atoms with Crippen LogP contribution in [0.1, 0.15) is 0 Å². The third-order valence-corrected chi connectivity index (χ3v) is 3.24. The standard InChI is InChI=1S/C15H16FN5O/c1-20(2)13-5-3-4-11(8-13)15-18-14(19-22-15)12-9-17-21(10-12)7-6-16/h3-5,8-10H,6-7H2,1-2H3. The van der Waals surface area contributed by atoms with Crippen molar-refractivity contribution in [1.82, 2.24) is 19.9 Å². The van der Waals surface area contributed by atoms with Crippen LogP contribution in [-0.4, -0.2) is 40.7 Å². The fourth-order valence-electron chi connectivity index (χ4n) is 2.06. The van der Waals surface area contributed by atoms with Crippen LogP contribution in [0.25, 0.3) is 22.8 Å². The molecular weight excluding hydrogens is 285 g/mol. The van der Waals surface area contributed by atoms with Gasteiger partial charge in [0.25, 0.3) is 5.89 Å². The van der Waals surface area contributed by atoms with E-state index in [1.807, 2.05) is 43.3 Å². The number of hydrogen-bond acceptors (Lipinski definition) is 5. The monoisotopic (exact) mass is 301 g/mol. The molecule has 0 aliphatic rings. The van der Waals surface area contributed by atoms with Gasteiger partial charge in [-0.15, -0.1) is 0 Å². The third-order valence-electron chi connectivity index (χ3n) is 3.24. The van der Waals surface area contributed by atoms with Crippen LogP contribution >= 0.6 is 0 Å².